The Morgan fingerprint density at radius 1 is 1.03 bits per heavy atom. The third-order valence-electron chi connectivity index (χ3n) is 4.90. The molecule has 9 heteroatoms. The fraction of sp³-hybridized carbons (Fsp3) is 0.400. The molecule has 0 radical (unpaired) electrons. The second kappa shape index (κ2) is 8.69. The molecule has 0 atom stereocenters. The molecule has 1 aromatic carbocycles. The van der Waals surface area contributed by atoms with Crippen molar-refractivity contribution in [1.29, 1.82) is 0 Å². The second-order valence-electron chi connectivity index (χ2n) is 6.88. The van der Waals surface area contributed by atoms with Gasteiger partial charge in [0.05, 0.1) is 0 Å². The highest BCUT2D eigenvalue weighted by Gasteiger charge is 2.17. The zero-order chi connectivity index (χ0) is 21.1. The van der Waals surface area contributed by atoms with E-state index in [-0.39, 0.29) is 11.4 Å². The Morgan fingerprint density at radius 2 is 1.69 bits per heavy atom. The summed E-state index contributed by atoms with van der Waals surface area (Å²) in [6.07, 6.45) is 1.32. The van der Waals surface area contributed by atoms with Crippen molar-refractivity contribution in [2.75, 3.05) is 5.75 Å². The minimum atomic E-state index is -0.419. The van der Waals surface area contributed by atoms with E-state index in [1.165, 1.54) is 28.9 Å². The first-order valence-electron chi connectivity index (χ1n) is 9.43. The van der Waals surface area contributed by atoms with Gasteiger partial charge in [-0.05, 0) is 17.5 Å². The van der Waals surface area contributed by atoms with Crippen LogP contribution in [0, 0.1) is 0 Å². The molecule has 0 unspecified atom stereocenters. The van der Waals surface area contributed by atoms with Crippen LogP contribution in [0.1, 0.15) is 24.5 Å². The predicted molar refractivity (Wildman–Crippen MR) is 114 cm³/mol. The number of imidazole rings is 1. The van der Waals surface area contributed by atoms with Gasteiger partial charge in [-0.15, -0.1) is 0 Å². The molecule has 0 saturated carbocycles. The van der Waals surface area contributed by atoms with Crippen molar-refractivity contribution in [3.63, 3.8) is 0 Å². The van der Waals surface area contributed by atoms with Crippen LogP contribution in [0.4, 0.5) is 0 Å². The number of thioether (sulfide) groups is 1. The van der Waals surface area contributed by atoms with Gasteiger partial charge in [0.2, 0.25) is 5.91 Å². The highest BCUT2D eigenvalue weighted by molar-refractivity contribution is 7.99. The summed E-state index contributed by atoms with van der Waals surface area (Å²) in [5.74, 6) is 0.477. The van der Waals surface area contributed by atoms with Gasteiger partial charge in [-0.25, -0.2) is 9.78 Å². The standard InChI is InChI=1S/C20H25N5O3S/c1-5-13-6-8-14(9-7-13)12-21-15(26)10-11-29-19-22-16-17(23(19)2)24(3)20(28)25(4)18(16)27/h6-9H,5,10-12H2,1-4H3,(H,21,26). The molecule has 0 fully saturated rings. The van der Waals surface area contributed by atoms with Crippen LogP contribution in [0.5, 0.6) is 0 Å². The molecule has 2 aromatic heterocycles. The van der Waals surface area contributed by atoms with E-state index in [1.807, 2.05) is 12.1 Å². The lowest BCUT2D eigenvalue weighted by molar-refractivity contribution is -0.120. The largest absolute Gasteiger partial charge is 0.352 e. The Morgan fingerprint density at radius 3 is 2.34 bits per heavy atom. The van der Waals surface area contributed by atoms with Gasteiger partial charge >= 0.3 is 5.69 Å². The Kier molecular flexibility index (Phi) is 6.26. The number of carbonyl (C=O) groups is 1. The summed E-state index contributed by atoms with van der Waals surface area (Å²) in [6, 6.07) is 8.19. The number of hydrogen-bond acceptors (Lipinski definition) is 5. The Bertz CT molecular complexity index is 1160. The molecular weight excluding hydrogens is 390 g/mol. The van der Waals surface area contributed by atoms with Crippen LogP contribution in [-0.4, -0.2) is 30.3 Å². The highest BCUT2D eigenvalue weighted by Crippen LogP contribution is 2.20. The van der Waals surface area contributed by atoms with Crippen molar-refractivity contribution in [1.82, 2.24) is 24.0 Å². The predicted octanol–water partition coefficient (Wildman–Crippen LogP) is 1.33. The van der Waals surface area contributed by atoms with Gasteiger partial charge in [0.15, 0.2) is 16.3 Å². The lowest BCUT2D eigenvalue weighted by atomic mass is 10.1. The van der Waals surface area contributed by atoms with Crippen LogP contribution < -0.4 is 16.6 Å². The Hall–Kier alpha value is -2.81. The van der Waals surface area contributed by atoms with Gasteiger partial charge in [0, 0.05) is 39.9 Å². The lowest BCUT2D eigenvalue weighted by Gasteiger charge is -2.07. The van der Waals surface area contributed by atoms with E-state index in [2.05, 4.69) is 29.4 Å². The third kappa shape index (κ3) is 4.29. The van der Waals surface area contributed by atoms with Crippen molar-refractivity contribution in [3.8, 4) is 0 Å². The molecule has 0 bridgehead atoms. The molecule has 1 amide bonds. The molecule has 0 saturated heterocycles. The van der Waals surface area contributed by atoms with Gasteiger partial charge in [-0.2, -0.15) is 0 Å². The molecule has 0 aliphatic heterocycles. The van der Waals surface area contributed by atoms with Gasteiger partial charge < -0.3 is 9.88 Å². The SMILES string of the molecule is CCc1ccc(CNC(=O)CCSc2nc3c(=O)n(C)c(=O)n(C)c3n2C)cc1. The van der Waals surface area contributed by atoms with E-state index in [0.29, 0.717) is 29.5 Å². The number of nitrogens with zero attached hydrogens (tertiary/aromatic N) is 4. The maximum absolute atomic E-state index is 12.3. The first-order chi connectivity index (χ1) is 13.8. The number of amides is 1. The normalized spacial score (nSPS) is 11.2. The number of benzene rings is 1. The van der Waals surface area contributed by atoms with Gasteiger partial charge in [0.1, 0.15) is 0 Å². The zero-order valence-electron chi connectivity index (χ0n) is 17.1. The molecule has 3 rings (SSSR count). The first-order valence-corrected chi connectivity index (χ1v) is 10.4. The minimum Gasteiger partial charge on any atom is -0.352 e. The van der Waals surface area contributed by atoms with E-state index in [4.69, 9.17) is 0 Å². The lowest BCUT2D eigenvalue weighted by Crippen LogP contribution is -2.37. The van der Waals surface area contributed by atoms with Crippen molar-refractivity contribution < 1.29 is 4.79 Å². The van der Waals surface area contributed by atoms with E-state index >= 15 is 0 Å². The molecule has 2 heterocycles. The summed E-state index contributed by atoms with van der Waals surface area (Å²) in [4.78, 5) is 40.9. The van der Waals surface area contributed by atoms with Crippen molar-refractivity contribution >= 4 is 28.8 Å². The average molecular weight is 416 g/mol. The summed E-state index contributed by atoms with van der Waals surface area (Å²) in [5, 5.41) is 3.52. The average Bonchev–Trinajstić information content (AvgIpc) is 3.06. The zero-order valence-corrected chi connectivity index (χ0v) is 17.9. The molecule has 0 aliphatic rings. The molecular formula is C20H25N5O3S. The van der Waals surface area contributed by atoms with Crippen LogP contribution >= 0.6 is 11.8 Å². The number of hydrogen-bond donors (Lipinski definition) is 1. The van der Waals surface area contributed by atoms with Crippen LogP contribution in [0.25, 0.3) is 11.2 Å². The fourth-order valence-electron chi connectivity index (χ4n) is 3.10. The minimum absolute atomic E-state index is 0.0425. The number of carbonyl (C=O) groups excluding carboxylic acids is 1. The Labute approximate surface area is 172 Å². The van der Waals surface area contributed by atoms with Gasteiger partial charge in [0.25, 0.3) is 5.56 Å². The monoisotopic (exact) mass is 415 g/mol. The second-order valence-corrected chi connectivity index (χ2v) is 7.94. The Balaban J connectivity index is 1.60. The summed E-state index contributed by atoms with van der Waals surface area (Å²) >= 11 is 1.38. The van der Waals surface area contributed by atoms with Gasteiger partial charge in [-0.3, -0.25) is 18.7 Å². The van der Waals surface area contributed by atoms with Crippen LogP contribution in [0.3, 0.4) is 0 Å². The van der Waals surface area contributed by atoms with Crippen molar-refractivity contribution in [2.24, 2.45) is 21.1 Å². The van der Waals surface area contributed by atoms with Crippen LogP contribution in [-0.2, 0) is 38.9 Å². The number of rotatable bonds is 7. The number of nitrogens with one attached hydrogen (secondary N) is 1. The topological polar surface area (TPSA) is 90.9 Å². The molecule has 3 aromatic rings. The van der Waals surface area contributed by atoms with Crippen molar-refractivity contribution in [2.45, 2.75) is 31.5 Å². The van der Waals surface area contributed by atoms with E-state index in [9.17, 15) is 14.4 Å². The number of aryl methyl sites for hydroxylation is 3. The quantitative estimate of drug-likeness (QED) is 0.588. The molecule has 29 heavy (non-hydrogen) atoms. The summed E-state index contributed by atoms with van der Waals surface area (Å²) < 4.78 is 4.17. The summed E-state index contributed by atoms with van der Waals surface area (Å²) in [5.41, 5.74) is 2.24. The smallest absolute Gasteiger partial charge is 0.332 e. The van der Waals surface area contributed by atoms with Crippen molar-refractivity contribution in [3.05, 3.63) is 56.2 Å². The molecule has 154 valence electrons. The maximum atomic E-state index is 12.3. The maximum Gasteiger partial charge on any atom is 0.332 e. The third-order valence-corrected chi connectivity index (χ3v) is 5.94. The van der Waals surface area contributed by atoms with Gasteiger partial charge in [-0.1, -0.05) is 43.0 Å². The molecule has 1 N–H and O–H groups in total. The molecule has 0 spiro atoms. The van der Waals surface area contributed by atoms with Crippen LogP contribution in [0.15, 0.2) is 39.0 Å². The van der Waals surface area contributed by atoms with Crippen LogP contribution in [0.2, 0.25) is 0 Å². The summed E-state index contributed by atoms with van der Waals surface area (Å²) in [6.45, 7) is 2.61. The number of fused-ring (bicyclic) bond motifs is 1. The van der Waals surface area contributed by atoms with E-state index in [0.717, 1.165) is 16.6 Å². The number of aromatic nitrogens is 4. The molecule has 0 aliphatic carbocycles. The van der Waals surface area contributed by atoms with E-state index < -0.39 is 11.2 Å². The fourth-order valence-corrected chi connectivity index (χ4v) is 4.01. The highest BCUT2D eigenvalue weighted by atomic mass is 32.2. The summed E-state index contributed by atoms with van der Waals surface area (Å²) in [7, 11) is 4.81. The molecule has 8 nitrogen and oxygen atoms in total. The first kappa shape index (κ1) is 20.9. The van der Waals surface area contributed by atoms with E-state index in [1.54, 1.807) is 18.7 Å².